The van der Waals surface area contributed by atoms with E-state index in [-0.39, 0.29) is 0 Å². The van der Waals surface area contributed by atoms with Gasteiger partial charge in [0.2, 0.25) is 11.8 Å². The van der Waals surface area contributed by atoms with Crippen molar-refractivity contribution in [1.82, 2.24) is 9.97 Å². The van der Waals surface area contributed by atoms with E-state index in [0.717, 1.165) is 12.5 Å². The minimum absolute atomic E-state index is 0.586. The molecule has 1 saturated carbocycles. The molecule has 1 aliphatic carbocycles. The van der Waals surface area contributed by atoms with Crippen LogP contribution in [0.25, 0.3) is 0 Å². The number of nitrogens with zero attached hydrogens (tertiary/aromatic N) is 2. The lowest BCUT2D eigenvalue weighted by atomic mass is 10.5. The van der Waals surface area contributed by atoms with Gasteiger partial charge in [0.15, 0.2) is 0 Å². The van der Waals surface area contributed by atoms with Crippen molar-refractivity contribution in [3.05, 3.63) is 24.9 Å². The van der Waals surface area contributed by atoms with Crippen molar-refractivity contribution in [3.63, 3.8) is 0 Å². The molecule has 2 rings (SSSR count). The Balaban J connectivity index is 1.88. The van der Waals surface area contributed by atoms with Crippen LogP contribution < -0.4 is 10.1 Å². The van der Waals surface area contributed by atoms with Gasteiger partial charge in [0.1, 0.15) is 0 Å². The molecule has 0 bridgehead atoms. The van der Waals surface area contributed by atoms with E-state index in [1.165, 1.54) is 12.8 Å². The molecule has 1 aromatic heterocycles. The molecule has 1 fully saturated rings. The highest BCUT2D eigenvalue weighted by Crippen LogP contribution is 2.29. The molecule has 0 amide bonds. The van der Waals surface area contributed by atoms with Gasteiger partial charge in [-0.1, -0.05) is 6.08 Å². The van der Waals surface area contributed by atoms with Crippen LogP contribution in [-0.4, -0.2) is 23.1 Å². The van der Waals surface area contributed by atoms with E-state index in [1.807, 2.05) is 0 Å². The van der Waals surface area contributed by atoms with Crippen molar-refractivity contribution < 1.29 is 4.74 Å². The molecule has 1 heterocycles. The zero-order valence-corrected chi connectivity index (χ0v) is 8.65. The molecule has 1 aliphatic rings. The summed E-state index contributed by atoms with van der Waals surface area (Å²) in [6, 6.07) is 1.78. The van der Waals surface area contributed by atoms with E-state index in [0.29, 0.717) is 18.4 Å². The van der Waals surface area contributed by atoms with Crippen LogP contribution in [0.3, 0.4) is 0 Å². The molecule has 0 radical (unpaired) electrons. The van der Waals surface area contributed by atoms with E-state index in [9.17, 15) is 0 Å². The van der Waals surface area contributed by atoms with Crippen molar-refractivity contribution in [2.24, 2.45) is 5.92 Å². The van der Waals surface area contributed by atoms with Crippen LogP contribution in [0.1, 0.15) is 12.8 Å². The first-order valence-corrected chi connectivity index (χ1v) is 5.19. The molecule has 0 aromatic carbocycles. The molecule has 1 aromatic rings. The molecule has 0 atom stereocenters. The third-order valence-electron chi connectivity index (χ3n) is 2.20. The zero-order valence-electron chi connectivity index (χ0n) is 8.65. The summed E-state index contributed by atoms with van der Waals surface area (Å²) >= 11 is 0. The first-order valence-electron chi connectivity index (χ1n) is 5.19. The first-order chi connectivity index (χ1) is 7.38. The number of ether oxygens (including phenoxy) is 1. The molecule has 0 unspecified atom stereocenters. The van der Waals surface area contributed by atoms with Gasteiger partial charge in [0, 0.05) is 18.8 Å². The molecule has 4 heteroatoms. The predicted octanol–water partition coefficient (Wildman–Crippen LogP) is 1.86. The van der Waals surface area contributed by atoms with Crippen LogP contribution >= 0.6 is 0 Å². The van der Waals surface area contributed by atoms with Gasteiger partial charge in [0.25, 0.3) is 0 Å². The van der Waals surface area contributed by atoms with Gasteiger partial charge in [-0.3, -0.25) is 0 Å². The Bertz CT molecular complexity index is 336. The fourth-order valence-electron chi connectivity index (χ4n) is 1.16. The number of nitrogens with one attached hydrogen (secondary N) is 1. The van der Waals surface area contributed by atoms with Gasteiger partial charge >= 0.3 is 0 Å². The van der Waals surface area contributed by atoms with E-state index in [1.54, 1.807) is 18.3 Å². The zero-order chi connectivity index (χ0) is 10.5. The van der Waals surface area contributed by atoms with E-state index in [4.69, 9.17) is 4.74 Å². The average Bonchev–Trinajstić information content (AvgIpc) is 3.08. The third-order valence-corrected chi connectivity index (χ3v) is 2.20. The fourth-order valence-corrected chi connectivity index (χ4v) is 1.16. The van der Waals surface area contributed by atoms with Crippen LogP contribution in [0, 0.1) is 5.92 Å². The second-order valence-corrected chi connectivity index (χ2v) is 3.64. The van der Waals surface area contributed by atoms with Crippen LogP contribution in [-0.2, 0) is 0 Å². The topological polar surface area (TPSA) is 47.0 Å². The minimum Gasteiger partial charge on any atom is -0.477 e. The van der Waals surface area contributed by atoms with E-state index < -0.39 is 0 Å². The molecule has 4 nitrogen and oxygen atoms in total. The molecular weight excluding hydrogens is 190 g/mol. The lowest BCUT2D eigenvalue weighted by molar-refractivity contribution is 0.288. The summed E-state index contributed by atoms with van der Waals surface area (Å²) in [6.45, 7) is 5.05. The Kier molecular flexibility index (Phi) is 3.17. The predicted molar refractivity (Wildman–Crippen MR) is 58.9 cm³/mol. The van der Waals surface area contributed by atoms with Gasteiger partial charge < -0.3 is 10.1 Å². The molecule has 15 heavy (non-hydrogen) atoms. The van der Waals surface area contributed by atoms with Gasteiger partial charge in [-0.05, 0) is 18.8 Å². The summed E-state index contributed by atoms with van der Waals surface area (Å²) < 4.78 is 5.53. The van der Waals surface area contributed by atoms with Crippen LogP contribution in [0.2, 0.25) is 0 Å². The van der Waals surface area contributed by atoms with E-state index >= 15 is 0 Å². The average molecular weight is 205 g/mol. The van der Waals surface area contributed by atoms with Crippen molar-refractivity contribution >= 4 is 5.95 Å². The molecule has 0 spiro atoms. The normalized spacial score (nSPS) is 14.7. The SMILES string of the molecule is C=CCNc1nccc(OCC2CC2)n1. The van der Waals surface area contributed by atoms with Crippen LogP contribution in [0.15, 0.2) is 24.9 Å². The molecular formula is C11H15N3O. The Hall–Kier alpha value is -1.58. The number of aromatic nitrogens is 2. The summed E-state index contributed by atoms with van der Waals surface area (Å²) in [5.41, 5.74) is 0. The third kappa shape index (κ3) is 3.23. The summed E-state index contributed by atoms with van der Waals surface area (Å²) in [4.78, 5) is 8.29. The van der Waals surface area contributed by atoms with Crippen LogP contribution in [0.4, 0.5) is 5.95 Å². The van der Waals surface area contributed by atoms with Crippen LogP contribution in [0.5, 0.6) is 5.88 Å². The number of hydrogen-bond donors (Lipinski definition) is 1. The molecule has 0 saturated heterocycles. The van der Waals surface area contributed by atoms with Crippen molar-refractivity contribution in [2.75, 3.05) is 18.5 Å². The van der Waals surface area contributed by atoms with Gasteiger partial charge in [-0.25, -0.2) is 4.98 Å². The Morgan fingerprint density at radius 2 is 2.47 bits per heavy atom. The van der Waals surface area contributed by atoms with Crippen molar-refractivity contribution in [3.8, 4) is 5.88 Å². The van der Waals surface area contributed by atoms with Gasteiger partial charge in [0.05, 0.1) is 6.61 Å². The van der Waals surface area contributed by atoms with Gasteiger partial charge in [-0.2, -0.15) is 4.98 Å². The lowest BCUT2D eigenvalue weighted by Crippen LogP contribution is -2.05. The van der Waals surface area contributed by atoms with E-state index in [2.05, 4.69) is 21.9 Å². The largest absolute Gasteiger partial charge is 0.477 e. The fraction of sp³-hybridized carbons (Fsp3) is 0.455. The summed E-state index contributed by atoms with van der Waals surface area (Å²) in [5.74, 6) is 1.97. The quantitative estimate of drug-likeness (QED) is 0.720. The maximum atomic E-state index is 5.53. The number of anilines is 1. The smallest absolute Gasteiger partial charge is 0.226 e. The summed E-state index contributed by atoms with van der Waals surface area (Å²) in [6.07, 6.45) is 6.03. The highest BCUT2D eigenvalue weighted by molar-refractivity contribution is 5.28. The Labute approximate surface area is 89.4 Å². The number of hydrogen-bond acceptors (Lipinski definition) is 4. The van der Waals surface area contributed by atoms with Gasteiger partial charge in [-0.15, -0.1) is 6.58 Å². The highest BCUT2D eigenvalue weighted by Gasteiger charge is 2.22. The highest BCUT2D eigenvalue weighted by atomic mass is 16.5. The minimum atomic E-state index is 0.586. The number of rotatable bonds is 6. The maximum Gasteiger partial charge on any atom is 0.226 e. The Morgan fingerprint density at radius 1 is 1.60 bits per heavy atom. The van der Waals surface area contributed by atoms with Crippen molar-refractivity contribution in [1.29, 1.82) is 0 Å². The molecule has 0 aliphatic heterocycles. The summed E-state index contributed by atoms with van der Waals surface area (Å²) in [5, 5.41) is 3.02. The molecule has 80 valence electrons. The van der Waals surface area contributed by atoms with Crippen molar-refractivity contribution in [2.45, 2.75) is 12.8 Å². The second-order valence-electron chi connectivity index (χ2n) is 3.64. The Morgan fingerprint density at radius 3 is 3.20 bits per heavy atom. The standard InChI is InChI=1S/C11H15N3O/c1-2-6-12-11-13-7-5-10(14-11)15-8-9-3-4-9/h2,5,7,9H,1,3-4,6,8H2,(H,12,13,14). The second kappa shape index (κ2) is 4.77. The monoisotopic (exact) mass is 205 g/mol. The summed E-state index contributed by atoms with van der Waals surface area (Å²) in [7, 11) is 0. The molecule has 1 N–H and O–H groups in total. The lowest BCUT2D eigenvalue weighted by Gasteiger charge is -2.05. The first kappa shape index (κ1) is 9.96. The maximum absolute atomic E-state index is 5.53.